The van der Waals surface area contributed by atoms with Crippen molar-refractivity contribution in [2.45, 2.75) is 11.3 Å². The summed E-state index contributed by atoms with van der Waals surface area (Å²) >= 11 is 1.73. The van der Waals surface area contributed by atoms with Crippen molar-refractivity contribution in [2.24, 2.45) is 0 Å². The monoisotopic (exact) mass is 227 g/mol. The zero-order valence-corrected chi connectivity index (χ0v) is 9.97. The van der Waals surface area contributed by atoms with Crippen molar-refractivity contribution in [3.63, 3.8) is 0 Å². The molecule has 84 valence electrons. The van der Waals surface area contributed by atoms with E-state index in [1.165, 1.54) is 0 Å². The molecule has 15 heavy (non-hydrogen) atoms. The van der Waals surface area contributed by atoms with Gasteiger partial charge in [-0.1, -0.05) is 6.07 Å². The van der Waals surface area contributed by atoms with Crippen LogP contribution in [0.15, 0.2) is 23.1 Å². The largest absolute Gasteiger partial charge is 0.495 e. The Morgan fingerprint density at radius 1 is 1.33 bits per heavy atom. The first kappa shape index (κ1) is 12.2. The molecule has 0 radical (unpaired) electrons. The number of anilines is 1. The van der Waals surface area contributed by atoms with Gasteiger partial charge in [0.05, 0.1) is 12.8 Å². The molecule has 0 atom stereocenters. The zero-order valence-electron chi connectivity index (χ0n) is 9.16. The minimum Gasteiger partial charge on any atom is -0.495 e. The summed E-state index contributed by atoms with van der Waals surface area (Å²) in [6.45, 7) is 0.789. The molecule has 0 aliphatic heterocycles. The summed E-state index contributed by atoms with van der Waals surface area (Å²) in [5.41, 5.74) is 6.66. The van der Waals surface area contributed by atoms with Crippen LogP contribution in [0.5, 0.6) is 5.75 Å². The van der Waals surface area contributed by atoms with E-state index in [0.717, 1.165) is 35.1 Å². The number of thioether (sulfide) groups is 1. The van der Waals surface area contributed by atoms with Gasteiger partial charge in [0.25, 0.3) is 0 Å². The molecule has 0 aromatic heterocycles. The quantitative estimate of drug-likeness (QED) is 0.460. The fraction of sp³-hybridized carbons (Fsp3) is 0.455. The van der Waals surface area contributed by atoms with E-state index in [4.69, 9.17) is 15.2 Å². The van der Waals surface area contributed by atoms with Crippen LogP contribution in [0.3, 0.4) is 0 Å². The van der Waals surface area contributed by atoms with Crippen LogP contribution in [-0.4, -0.2) is 26.6 Å². The Kier molecular flexibility index (Phi) is 5.36. The van der Waals surface area contributed by atoms with Crippen LogP contribution >= 0.6 is 11.8 Å². The SMILES string of the molecule is COCCCSc1cccc(OC)c1N. The van der Waals surface area contributed by atoms with Gasteiger partial charge in [-0.15, -0.1) is 11.8 Å². The summed E-state index contributed by atoms with van der Waals surface area (Å²) < 4.78 is 10.1. The maximum Gasteiger partial charge on any atom is 0.142 e. The van der Waals surface area contributed by atoms with Gasteiger partial charge in [-0.05, 0) is 18.6 Å². The molecule has 1 rings (SSSR count). The van der Waals surface area contributed by atoms with Crippen LogP contribution < -0.4 is 10.5 Å². The Labute approximate surface area is 94.9 Å². The Morgan fingerprint density at radius 2 is 2.13 bits per heavy atom. The van der Waals surface area contributed by atoms with Crippen LogP contribution in [-0.2, 0) is 4.74 Å². The average Bonchev–Trinajstić information content (AvgIpc) is 2.26. The number of benzene rings is 1. The first-order valence-corrected chi connectivity index (χ1v) is 5.82. The van der Waals surface area contributed by atoms with Crippen molar-refractivity contribution >= 4 is 17.4 Å². The maximum atomic E-state index is 5.93. The van der Waals surface area contributed by atoms with Crippen molar-refractivity contribution in [1.29, 1.82) is 0 Å². The molecule has 0 saturated carbocycles. The predicted molar refractivity (Wildman–Crippen MR) is 64.6 cm³/mol. The molecule has 4 heteroatoms. The van der Waals surface area contributed by atoms with Gasteiger partial charge in [0.1, 0.15) is 5.75 Å². The third-order valence-electron chi connectivity index (χ3n) is 2.00. The van der Waals surface area contributed by atoms with Gasteiger partial charge in [-0.25, -0.2) is 0 Å². The maximum absolute atomic E-state index is 5.93. The Balaban J connectivity index is 2.53. The zero-order chi connectivity index (χ0) is 11.1. The highest BCUT2D eigenvalue weighted by molar-refractivity contribution is 7.99. The topological polar surface area (TPSA) is 44.5 Å². The standard InChI is InChI=1S/C11H17NO2S/c1-13-7-4-8-15-10-6-3-5-9(14-2)11(10)12/h3,5-6H,4,7-8,12H2,1-2H3. The van der Waals surface area contributed by atoms with Gasteiger partial charge in [0.15, 0.2) is 0 Å². The Bertz CT molecular complexity index is 305. The Hall–Kier alpha value is -0.870. The molecule has 0 spiro atoms. The molecular weight excluding hydrogens is 210 g/mol. The normalized spacial score (nSPS) is 10.3. The van der Waals surface area contributed by atoms with Crippen LogP contribution in [0.4, 0.5) is 5.69 Å². The fourth-order valence-corrected chi connectivity index (χ4v) is 2.13. The molecule has 0 bridgehead atoms. The summed E-state index contributed by atoms with van der Waals surface area (Å²) in [7, 11) is 3.34. The van der Waals surface area contributed by atoms with E-state index in [9.17, 15) is 0 Å². The summed E-state index contributed by atoms with van der Waals surface area (Å²) in [5, 5.41) is 0. The second-order valence-corrected chi connectivity index (χ2v) is 4.20. The molecule has 0 fully saturated rings. The van der Waals surface area contributed by atoms with Crippen molar-refractivity contribution < 1.29 is 9.47 Å². The van der Waals surface area contributed by atoms with Crippen LogP contribution in [0.1, 0.15) is 6.42 Å². The van der Waals surface area contributed by atoms with Gasteiger partial charge in [-0.3, -0.25) is 0 Å². The lowest BCUT2D eigenvalue weighted by Crippen LogP contribution is -1.95. The molecule has 0 amide bonds. The van der Waals surface area contributed by atoms with Crippen molar-refractivity contribution in [3.05, 3.63) is 18.2 Å². The summed E-state index contributed by atoms with van der Waals surface area (Å²) in [4.78, 5) is 1.07. The van der Waals surface area contributed by atoms with Gasteiger partial charge in [0, 0.05) is 24.4 Å². The number of nitrogens with two attached hydrogens (primary N) is 1. The van der Waals surface area contributed by atoms with E-state index in [1.807, 2.05) is 18.2 Å². The minimum atomic E-state index is 0.724. The number of hydrogen-bond acceptors (Lipinski definition) is 4. The highest BCUT2D eigenvalue weighted by Crippen LogP contribution is 2.32. The highest BCUT2D eigenvalue weighted by Gasteiger charge is 2.04. The number of methoxy groups -OCH3 is 2. The predicted octanol–water partition coefficient (Wildman–Crippen LogP) is 2.41. The summed E-state index contributed by atoms with van der Waals surface area (Å²) in [5.74, 6) is 1.75. The van der Waals surface area contributed by atoms with E-state index in [-0.39, 0.29) is 0 Å². The van der Waals surface area contributed by atoms with E-state index < -0.39 is 0 Å². The molecule has 1 aromatic rings. The van der Waals surface area contributed by atoms with E-state index in [2.05, 4.69) is 0 Å². The van der Waals surface area contributed by atoms with Crippen LogP contribution in [0.2, 0.25) is 0 Å². The van der Waals surface area contributed by atoms with Gasteiger partial charge in [-0.2, -0.15) is 0 Å². The first-order valence-electron chi connectivity index (χ1n) is 4.83. The third-order valence-corrected chi connectivity index (χ3v) is 3.16. The molecule has 0 aliphatic carbocycles. The number of hydrogen-bond donors (Lipinski definition) is 1. The third kappa shape index (κ3) is 3.64. The molecule has 0 aliphatic rings. The van der Waals surface area contributed by atoms with Crippen LogP contribution in [0, 0.1) is 0 Å². The summed E-state index contributed by atoms with van der Waals surface area (Å²) in [6, 6.07) is 5.83. The van der Waals surface area contributed by atoms with Crippen LogP contribution in [0.25, 0.3) is 0 Å². The first-order chi connectivity index (χ1) is 7.29. The lowest BCUT2D eigenvalue weighted by atomic mass is 10.3. The number of nitrogen functional groups attached to an aromatic ring is 1. The number of para-hydroxylation sites is 1. The van der Waals surface area contributed by atoms with Crippen molar-refractivity contribution in [1.82, 2.24) is 0 Å². The lowest BCUT2D eigenvalue weighted by molar-refractivity contribution is 0.200. The molecule has 0 heterocycles. The Morgan fingerprint density at radius 3 is 2.80 bits per heavy atom. The average molecular weight is 227 g/mol. The fourth-order valence-electron chi connectivity index (χ4n) is 1.21. The number of rotatable bonds is 6. The second-order valence-electron chi connectivity index (χ2n) is 3.07. The summed E-state index contributed by atoms with van der Waals surface area (Å²) in [6.07, 6.45) is 1.03. The molecule has 0 unspecified atom stereocenters. The van der Waals surface area contributed by atoms with E-state index in [1.54, 1.807) is 26.0 Å². The van der Waals surface area contributed by atoms with Crippen molar-refractivity contribution in [2.75, 3.05) is 32.3 Å². The lowest BCUT2D eigenvalue weighted by Gasteiger charge is -2.09. The molecular formula is C11H17NO2S. The molecule has 2 N–H and O–H groups in total. The van der Waals surface area contributed by atoms with Gasteiger partial charge in [0.2, 0.25) is 0 Å². The van der Waals surface area contributed by atoms with E-state index >= 15 is 0 Å². The minimum absolute atomic E-state index is 0.724. The van der Waals surface area contributed by atoms with Gasteiger partial charge >= 0.3 is 0 Å². The number of ether oxygens (including phenoxy) is 2. The molecule has 1 aromatic carbocycles. The molecule has 0 saturated heterocycles. The smallest absolute Gasteiger partial charge is 0.142 e. The second kappa shape index (κ2) is 6.58. The van der Waals surface area contributed by atoms with E-state index in [0.29, 0.717) is 0 Å². The highest BCUT2D eigenvalue weighted by atomic mass is 32.2. The van der Waals surface area contributed by atoms with Gasteiger partial charge < -0.3 is 15.2 Å². The van der Waals surface area contributed by atoms with Crippen molar-refractivity contribution in [3.8, 4) is 5.75 Å². The molecule has 3 nitrogen and oxygen atoms in total.